The van der Waals surface area contributed by atoms with Gasteiger partial charge in [0.2, 0.25) is 0 Å². The first-order chi connectivity index (χ1) is 12.8. The quantitative estimate of drug-likeness (QED) is 0.739. The zero-order valence-corrected chi connectivity index (χ0v) is 15.9. The summed E-state index contributed by atoms with van der Waals surface area (Å²) in [6.45, 7) is 5.61. The summed E-state index contributed by atoms with van der Waals surface area (Å²) < 4.78 is 11.3. The Kier molecular flexibility index (Phi) is 6.90. The number of aryl methyl sites for hydroxylation is 1. The highest BCUT2D eigenvalue weighted by Gasteiger charge is 2.20. The van der Waals surface area contributed by atoms with Gasteiger partial charge in [0, 0.05) is 12.1 Å². The fourth-order valence-corrected chi connectivity index (χ4v) is 2.68. The van der Waals surface area contributed by atoms with Crippen LogP contribution in [0.3, 0.4) is 0 Å². The van der Waals surface area contributed by atoms with E-state index in [9.17, 15) is 9.59 Å². The van der Waals surface area contributed by atoms with Gasteiger partial charge in [-0.15, -0.1) is 0 Å². The molecular formula is C20H24N2O5. The van der Waals surface area contributed by atoms with Gasteiger partial charge in [0.1, 0.15) is 17.5 Å². The molecule has 7 nitrogen and oxygen atoms in total. The standard InChI is InChI=1S/C20H24N2O5/c1-12(2)27-18(15-7-5-6-8-17(15)26-4)11-21-19(23)16-10-9-14(20(24)25)13(3)22-16/h5-10,12,18H,11H2,1-4H3,(H,21,23)(H,24,25). The van der Waals surface area contributed by atoms with Gasteiger partial charge in [0.25, 0.3) is 5.91 Å². The summed E-state index contributed by atoms with van der Waals surface area (Å²) in [4.78, 5) is 27.6. The molecule has 7 heteroatoms. The second kappa shape index (κ2) is 9.14. The van der Waals surface area contributed by atoms with Crippen LogP contribution in [0.2, 0.25) is 0 Å². The molecule has 0 fully saturated rings. The third-order valence-corrected chi connectivity index (χ3v) is 3.92. The Bertz CT molecular complexity index is 820. The van der Waals surface area contributed by atoms with E-state index in [-0.39, 0.29) is 29.6 Å². The van der Waals surface area contributed by atoms with Gasteiger partial charge in [-0.1, -0.05) is 18.2 Å². The number of ether oxygens (including phenoxy) is 2. The number of aromatic nitrogens is 1. The SMILES string of the molecule is COc1ccccc1C(CNC(=O)c1ccc(C(=O)O)c(C)n1)OC(C)C. The molecule has 2 aromatic rings. The van der Waals surface area contributed by atoms with Crippen LogP contribution in [0.15, 0.2) is 36.4 Å². The number of carboxylic acids is 1. The summed E-state index contributed by atoms with van der Waals surface area (Å²) in [5.41, 5.74) is 1.34. The van der Waals surface area contributed by atoms with Crippen molar-refractivity contribution in [2.75, 3.05) is 13.7 Å². The lowest BCUT2D eigenvalue weighted by Crippen LogP contribution is -2.31. The number of carbonyl (C=O) groups is 2. The third kappa shape index (κ3) is 5.27. The van der Waals surface area contributed by atoms with Crippen molar-refractivity contribution < 1.29 is 24.2 Å². The van der Waals surface area contributed by atoms with E-state index < -0.39 is 18.0 Å². The van der Waals surface area contributed by atoms with E-state index in [4.69, 9.17) is 14.6 Å². The maximum absolute atomic E-state index is 12.4. The summed E-state index contributed by atoms with van der Waals surface area (Å²) in [5, 5.41) is 11.9. The van der Waals surface area contributed by atoms with Crippen LogP contribution < -0.4 is 10.1 Å². The monoisotopic (exact) mass is 372 g/mol. The van der Waals surface area contributed by atoms with Crippen LogP contribution in [-0.2, 0) is 4.74 Å². The summed E-state index contributed by atoms with van der Waals surface area (Å²) in [7, 11) is 1.58. The average molecular weight is 372 g/mol. The van der Waals surface area contributed by atoms with Crippen molar-refractivity contribution in [3.63, 3.8) is 0 Å². The minimum Gasteiger partial charge on any atom is -0.496 e. The predicted octanol–water partition coefficient (Wildman–Crippen LogP) is 2.99. The molecule has 2 N–H and O–H groups in total. The van der Waals surface area contributed by atoms with Crippen LogP contribution in [0.1, 0.15) is 52.1 Å². The van der Waals surface area contributed by atoms with E-state index in [1.165, 1.54) is 12.1 Å². The number of nitrogens with zero attached hydrogens (tertiary/aromatic N) is 1. The molecular weight excluding hydrogens is 348 g/mol. The van der Waals surface area contributed by atoms with Gasteiger partial charge in [-0.3, -0.25) is 4.79 Å². The zero-order chi connectivity index (χ0) is 20.0. The largest absolute Gasteiger partial charge is 0.496 e. The molecule has 1 aromatic heterocycles. The van der Waals surface area contributed by atoms with Crippen LogP contribution in [0.5, 0.6) is 5.75 Å². The van der Waals surface area contributed by atoms with Gasteiger partial charge in [0.15, 0.2) is 0 Å². The molecule has 1 unspecified atom stereocenters. The first-order valence-corrected chi connectivity index (χ1v) is 8.61. The molecule has 0 aliphatic heterocycles. The average Bonchev–Trinajstić information content (AvgIpc) is 2.64. The van der Waals surface area contributed by atoms with Crippen LogP contribution in [0.4, 0.5) is 0 Å². The number of aromatic carboxylic acids is 1. The van der Waals surface area contributed by atoms with E-state index in [1.54, 1.807) is 14.0 Å². The number of amides is 1. The molecule has 144 valence electrons. The van der Waals surface area contributed by atoms with Gasteiger partial charge in [0.05, 0.1) is 24.5 Å². The van der Waals surface area contributed by atoms with Gasteiger partial charge >= 0.3 is 5.97 Å². The minimum atomic E-state index is -1.08. The highest BCUT2D eigenvalue weighted by Crippen LogP contribution is 2.28. The van der Waals surface area contributed by atoms with Crippen LogP contribution in [-0.4, -0.2) is 41.7 Å². The molecule has 2 rings (SSSR count). The van der Waals surface area contributed by atoms with E-state index in [2.05, 4.69) is 10.3 Å². The first-order valence-electron chi connectivity index (χ1n) is 8.61. The van der Waals surface area contributed by atoms with Crippen molar-refractivity contribution >= 4 is 11.9 Å². The molecule has 27 heavy (non-hydrogen) atoms. The van der Waals surface area contributed by atoms with Crippen LogP contribution >= 0.6 is 0 Å². The number of carboxylic acid groups (broad SMARTS) is 1. The van der Waals surface area contributed by atoms with E-state index >= 15 is 0 Å². The van der Waals surface area contributed by atoms with Crippen molar-refractivity contribution in [1.82, 2.24) is 10.3 Å². The Hall–Kier alpha value is -2.93. The fourth-order valence-electron chi connectivity index (χ4n) is 2.68. The third-order valence-electron chi connectivity index (χ3n) is 3.92. The maximum atomic E-state index is 12.4. The number of methoxy groups -OCH3 is 1. The maximum Gasteiger partial charge on any atom is 0.337 e. The Morgan fingerprint density at radius 3 is 2.48 bits per heavy atom. The number of hydrogen-bond acceptors (Lipinski definition) is 5. The van der Waals surface area contributed by atoms with Crippen molar-refractivity contribution in [3.8, 4) is 5.75 Å². The number of hydrogen-bond donors (Lipinski definition) is 2. The number of rotatable bonds is 8. The molecule has 0 aliphatic rings. The van der Waals surface area contributed by atoms with Crippen molar-refractivity contribution in [2.24, 2.45) is 0 Å². The first kappa shape index (κ1) is 20.4. The summed E-state index contributed by atoms with van der Waals surface area (Å²) in [6, 6.07) is 10.2. The number of pyridine rings is 1. The molecule has 1 amide bonds. The number of nitrogens with one attached hydrogen (secondary N) is 1. The molecule has 0 spiro atoms. The zero-order valence-electron chi connectivity index (χ0n) is 15.9. The molecule has 1 heterocycles. The highest BCUT2D eigenvalue weighted by atomic mass is 16.5. The molecule has 0 saturated heterocycles. The smallest absolute Gasteiger partial charge is 0.337 e. The number of para-hydroxylation sites is 1. The summed E-state index contributed by atoms with van der Waals surface area (Å²) >= 11 is 0. The van der Waals surface area contributed by atoms with Crippen molar-refractivity contribution in [1.29, 1.82) is 0 Å². The van der Waals surface area contributed by atoms with Gasteiger partial charge in [-0.2, -0.15) is 0 Å². The van der Waals surface area contributed by atoms with Crippen molar-refractivity contribution in [3.05, 3.63) is 58.9 Å². The topological polar surface area (TPSA) is 97.8 Å². The summed E-state index contributed by atoms with van der Waals surface area (Å²) in [5.74, 6) is -0.798. The lowest BCUT2D eigenvalue weighted by atomic mass is 10.1. The molecule has 1 atom stereocenters. The molecule has 0 aliphatic carbocycles. The Morgan fingerprint density at radius 2 is 1.89 bits per heavy atom. The lowest BCUT2D eigenvalue weighted by molar-refractivity contribution is 0.00608. The van der Waals surface area contributed by atoms with Gasteiger partial charge in [-0.05, 0) is 39.0 Å². The molecule has 0 bridgehead atoms. The highest BCUT2D eigenvalue weighted by molar-refractivity contribution is 5.94. The van der Waals surface area contributed by atoms with Crippen LogP contribution in [0.25, 0.3) is 0 Å². The molecule has 0 saturated carbocycles. The minimum absolute atomic E-state index is 0.0490. The predicted molar refractivity (Wildman–Crippen MR) is 100 cm³/mol. The lowest BCUT2D eigenvalue weighted by Gasteiger charge is -2.23. The second-order valence-corrected chi connectivity index (χ2v) is 6.26. The van der Waals surface area contributed by atoms with Gasteiger partial charge < -0.3 is 19.9 Å². The number of carbonyl (C=O) groups excluding carboxylic acids is 1. The van der Waals surface area contributed by atoms with Crippen molar-refractivity contribution in [2.45, 2.75) is 33.0 Å². The van der Waals surface area contributed by atoms with E-state index in [0.29, 0.717) is 5.75 Å². The Morgan fingerprint density at radius 1 is 1.19 bits per heavy atom. The van der Waals surface area contributed by atoms with E-state index in [0.717, 1.165) is 5.56 Å². The van der Waals surface area contributed by atoms with E-state index in [1.807, 2.05) is 38.1 Å². The van der Waals surface area contributed by atoms with Gasteiger partial charge in [-0.25, -0.2) is 9.78 Å². The Labute approximate surface area is 158 Å². The summed E-state index contributed by atoms with van der Waals surface area (Å²) in [6.07, 6.45) is -0.448. The Balaban J connectivity index is 2.16. The normalized spacial score (nSPS) is 11.9. The molecule has 1 aromatic carbocycles. The fraction of sp³-hybridized carbons (Fsp3) is 0.350. The van der Waals surface area contributed by atoms with Crippen LogP contribution in [0, 0.1) is 6.92 Å². The second-order valence-electron chi connectivity index (χ2n) is 6.26. The number of benzene rings is 1. The molecule has 0 radical (unpaired) electrons.